The van der Waals surface area contributed by atoms with Crippen molar-refractivity contribution < 1.29 is 14.3 Å². The number of aryl methyl sites for hydroxylation is 1. The molecule has 0 radical (unpaired) electrons. The lowest BCUT2D eigenvalue weighted by molar-refractivity contribution is 0.0904. The number of aliphatic hydroxyl groups excluding tert-OH is 1. The molecule has 1 aromatic carbocycles. The Kier molecular flexibility index (Phi) is 2.05. The van der Waals surface area contributed by atoms with Gasteiger partial charge in [-0.05, 0) is 18.2 Å². The molecule has 1 aromatic heterocycles. The molecule has 0 spiro atoms. The van der Waals surface area contributed by atoms with Crippen LogP contribution in [0.15, 0.2) is 22.6 Å². The normalized spacial score (nSPS) is 10.7. The van der Waals surface area contributed by atoms with Crippen LogP contribution in [-0.4, -0.2) is 22.5 Å². The summed E-state index contributed by atoms with van der Waals surface area (Å²) in [4.78, 5) is 15.2. The number of aromatic nitrogens is 1. The van der Waals surface area contributed by atoms with E-state index in [1.807, 2.05) is 0 Å². The summed E-state index contributed by atoms with van der Waals surface area (Å²) >= 11 is 0. The summed E-state index contributed by atoms with van der Waals surface area (Å²) in [6.45, 7) is 1.26. The van der Waals surface area contributed by atoms with E-state index in [1.165, 1.54) is 0 Å². The van der Waals surface area contributed by atoms with Gasteiger partial charge in [-0.15, -0.1) is 0 Å². The van der Waals surface area contributed by atoms with E-state index < -0.39 is 6.61 Å². The van der Waals surface area contributed by atoms with E-state index in [4.69, 9.17) is 9.52 Å². The number of hydrogen-bond acceptors (Lipinski definition) is 4. The van der Waals surface area contributed by atoms with Gasteiger partial charge in [-0.3, -0.25) is 4.79 Å². The van der Waals surface area contributed by atoms with Gasteiger partial charge in [0.25, 0.3) is 0 Å². The van der Waals surface area contributed by atoms with Gasteiger partial charge in [-0.25, -0.2) is 4.98 Å². The zero-order valence-corrected chi connectivity index (χ0v) is 7.65. The third kappa shape index (κ3) is 1.40. The van der Waals surface area contributed by atoms with Crippen LogP contribution in [0.3, 0.4) is 0 Å². The van der Waals surface area contributed by atoms with Crippen molar-refractivity contribution in [2.45, 2.75) is 6.92 Å². The molecule has 0 aliphatic rings. The molecule has 2 rings (SSSR count). The Hall–Kier alpha value is -1.68. The number of oxazole rings is 1. The van der Waals surface area contributed by atoms with Crippen molar-refractivity contribution in [3.63, 3.8) is 0 Å². The van der Waals surface area contributed by atoms with Gasteiger partial charge in [-0.1, -0.05) is 0 Å². The maximum atomic E-state index is 11.2. The van der Waals surface area contributed by atoms with Gasteiger partial charge in [0.2, 0.25) is 0 Å². The molecule has 0 aliphatic heterocycles. The first-order chi connectivity index (χ1) is 6.70. The Morgan fingerprint density at radius 3 is 3.07 bits per heavy atom. The highest BCUT2D eigenvalue weighted by molar-refractivity contribution is 5.99. The van der Waals surface area contributed by atoms with Crippen LogP contribution < -0.4 is 0 Å². The SMILES string of the molecule is Cc1nc2cc(C(=O)CO)ccc2o1. The molecule has 4 heteroatoms. The van der Waals surface area contributed by atoms with Gasteiger partial charge in [0, 0.05) is 12.5 Å². The number of ketones is 1. The number of hydrogen-bond donors (Lipinski definition) is 1. The quantitative estimate of drug-likeness (QED) is 0.727. The van der Waals surface area contributed by atoms with Crippen molar-refractivity contribution in [2.24, 2.45) is 0 Å². The Bertz CT molecular complexity index is 487. The van der Waals surface area contributed by atoms with Crippen LogP contribution in [0.2, 0.25) is 0 Å². The Balaban J connectivity index is 2.55. The third-order valence-electron chi connectivity index (χ3n) is 1.96. The minimum absolute atomic E-state index is 0.312. The summed E-state index contributed by atoms with van der Waals surface area (Å²) in [5, 5.41) is 8.67. The molecule has 0 bridgehead atoms. The molecule has 0 amide bonds. The fourth-order valence-corrected chi connectivity index (χ4v) is 1.31. The average Bonchev–Trinajstić information content (AvgIpc) is 2.55. The summed E-state index contributed by atoms with van der Waals surface area (Å²) in [5.74, 6) is 0.251. The lowest BCUT2D eigenvalue weighted by Gasteiger charge is -1.95. The number of rotatable bonds is 2. The number of carbonyl (C=O) groups excluding carboxylic acids is 1. The van der Waals surface area contributed by atoms with Crippen LogP contribution in [0.25, 0.3) is 11.1 Å². The van der Waals surface area contributed by atoms with E-state index in [-0.39, 0.29) is 5.78 Å². The minimum Gasteiger partial charge on any atom is -0.441 e. The van der Waals surface area contributed by atoms with Crippen LogP contribution >= 0.6 is 0 Å². The highest BCUT2D eigenvalue weighted by atomic mass is 16.3. The lowest BCUT2D eigenvalue weighted by Crippen LogP contribution is -2.03. The fraction of sp³-hybridized carbons (Fsp3) is 0.200. The van der Waals surface area contributed by atoms with Gasteiger partial charge in [-0.2, -0.15) is 0 Å². The van der Waals surface area contributed by atoms with E-state index >= 15 is 0 Å². The standard InChI is InChI=1S/C10H9NO3/c1-6-11-8-4-7(9(13)5-12)2-3-10(8)14-6/h2-4,12H,5H2,1H3. The Morgan fingerprint density at radius 2 is 2.36 bits per heavy atom. The minimum atomic E-state index is -0.484. The van der Waals surface area contributed by atoms with Crippen LogP contribution in [0, 0.1) is 6.92 Å². The van der Waals surface area contributed by atoms with E-state index in [9.17, 15) is 4.79 Å². The van der Waals surface area contributed by atoms with Gasteiger partial charge in [0.1, 0.15) is 12.1 Å². The Labute approximate surface area is 80.2 Å². The number of aliphatic hydroxyl groups is 1. The van der Waals surface area contributed by atoms with Gasteiger partial charge in [0.15, 0.2) is 17.3 Å². The van der Waals surface area contributed by atoms with E-state index in [1.54, 1.807) is 25.1 Å². The van der Waals surface area contributed by atoms with Gasteiger partial charge >= 0.3 is 0 Å². The van der Waals surface area contributed by atoms with E-state index in [0.29, 0.717) is 22.6 Å². The molecule has 0 atom stereocenters. The molecule has 4 nitrogen and oxygen atoms in total. The topological polar surface area (TPSA) is 63.3 Å². The summed E-state index contributed by atoms with van der Waals surface area (Å²) < 4.78 is 5.25. The third-order valence-corrected chi connectivity index (χ3v) is 1.96. The number of nitrogens with zero attached hydrogens (tertiary/aromatic N) is 1. The molecule has 0 unspecified atom stereocenters. The van der Waals surface area contributed by atoms with Crippen molar-refractivity contribution in [3.05, 3.63) is 29.7 Å². The fourth-order valence-electron chi connectivity index (χ4n) is 1.31. The summed E-state index contributed by atoms with van der Waals surface area (Å²) in [7, 11) is 0. The van der Waals surface area contributed by atoms with Crippen molar-refractivity contribution in [1.82, 2.24) is 4.98 Å². The van der Waals surface area contributed by atoms with Gasteiger partial charge in [0.05, 0.1) is 0 Å². The van der Waals surface area contributed by atoms with Crippen molar-refractivity contribution in [2.75, 3.05) is 6.61 Å². The second-order valence-corrected chi connectivity index (χ2v) is 3.00. The van der Waals surface area contributed by atoms with Crippen molar-refractivity contribution >= 4 is 16.9 Å². The van der Waals surface area contributed by atoms with Crippen LogP contribution in [0.5, 0.6) is 0 Å². The second kappa shape index (κ2) is 3.23. The first kappa shape index (κ1) is 8.90. The number of benzene rings is 1. The smallest absolute Gasteiger partial charge is 0.192 e. The Morgan fingerprint density at radius 1 is 1.57 bits per heavy atom. The molecule has 14 heavy (non-hydrogen) atoms. The highest BCUT2D eigenvalue weighted by Gasteiger charge is 2.07. The first-order valence-electron chi connectivity index (χ1n) is 4.22. The largest absolute Gasteiger partial charge is 0.441 e. The van der Waals surface area contributed by atoms with E-state index in [0.717, 1.165) is 0 Å². The molecular weight excluding hydrogens is 182 g/mol. The molecule has 72 valence electrons. The molecule has 1 N–H and O–H groups in total. The van der Waals surface area contributed by atoms with Crippen LogP contribution in [0.1, 0.15) is 16.2 Å². The maximum Gasteiger partial charge on any atom is 0.192 e. The van der Waals surface area contributed by atoms with Crippen LogP contribution in [-0.2, 0) is 0 Å². The van der Waals surface area contributed by atoms with Gasteiger partial charge < -0.3 is 9.52 Å². The summed E-state index contributed by atoms with van der Waals surface area (Å²) in [6.07, 6.45) is 0. The van der Waals surface area contributed by atoms with E-state index in [2.05, 4.69) is 4.98 Å². The molecule has 2 aromatic rings. The summed E-state index contributed by atoms with van der Waals surface area (Å²) in [5.41, 5.74) is 1.74. The zero-order chi connectivity index (χ0) is 10.1. The molecular formula is C10H9NO3. The number of fused-ring (bicyclic) bond motifs is 1. The number of carbonyl (C=O) groups is 1. The molecule has 0 aliphatic carbocycles. The monoisotopic (exact) mass is 191 g/mol. The first-order valence-corrected chi connectivity index (χ1v) is 4.22. The maximum absolute atomic E-state index is 11.2. The molecule has 0 saturated heterocycles. The molecule has 0 saturated carbocycles. The molecule has 0 fully saturated rings. The zero-order valence-electron chi connectivity index (χ0n) is 7.65. The molecule has 1 heterocycles. The van der Waals surface area contributed by atoms with Crippen LogP contribution in [0.4, 0.5) is 0 Å². The number of Topliss-reactive ketones (excluding diaryl/α,β-unsaturated/α-hetero) is 1. The predicted octanol–water partition coefficient (Wildman–Crippen LogP) is 1.31. The summed E-state index contributed by atoms with van der Waals surface area (Å²) in [6, 6.07) is 4.91. The second-order valence-electron chi connectivity index (χ2n) is 3.00. The highest BCUT2D eigenvalue weighted by Crippen LogP contribution is 2.16. The predicted molar refractivity (Wildman–Crippen MR) is 50.2 cm³/mol. The van der Waals surface area contributed by atoms with Crippen molar-refractivity contribution in [3.8, 4) is 0 Å². The average molecular weight is 191 g/mol. The van der Waals surface area contributed by atoms with Crippen molar-refractivity contribution in [1.29, 1.82) is 0 Å². The lowest BCUT2D eigenvalue weighted by atomic mass is 10.1.